The first-order chi connectivity index (χ1) is 14.9. The number of benzene rings is 2. The molecule has 2 heterocycles. The molecule has 0 fully saturated rings. The Balaban J connectivity index is 1.45. The zero-order chi connectivity index (χ0) is 21.8. The summed E-state index contributed by atoms with van der Waals surface area (Å²) in [5, 5.41) is 4.65. The van der Waals surface area contributed by atoms with E-state index in [0.717, 1.165) is 0 Å². The zero-order valence-electron chi connectivity index (χ0n) is 16.4. The van der Waals surface area contributed by atoms with Gasteiger partial charge in [-0.2, -0.15) is 10.1 Å². The normalized spacial score (nSPS) is 11.3. The Bertz CT molecular complexity index is 1290. The summed E-state index contributed by atoms with van der Waals surface area (Å²) in [6.07, 6.45) is 3.43. The fourth-order valence-corrected chi connectivity index (χ4v) is 4.27. The van der Waals surface area contributed by atoms with Crippen molar-refractivity contribution >= 4 is 27.3 Å². The van der Waals surface area contributed by atoms with Crippen LogP contribution in [0.5, 0.6) is 11.6 Å². The van der Waals surface area contributed by atoms with Gasteiger partial charge in [0.15, 0.2) is 5.82 Å². The fourth-order valence-electron chi connectivity index (χ4n) is 2.87. The number of hydrogen-bond acceptors (Lipinski definition) is 6. The van der Waals surface area contributed by atoms with Crippen LogP contribution in [-0.2, 0) is 15.8 Å². The molecule has 31 heavy (non-hydrogen) atoms. The molecule has 0 atom stereocenters. The lowest BCUT2D eigenvalue weighted by atomic mass is 10.2. The molecule has 0 saturated carbocycles. The van der Waals surface area contributed by atoms with Gasteiger partial charge in [0.25, 0.3) is 0 Å². The molecule has 0 aliphatic heterocycles. The molecule has 10 heteroatoms. The van der Waals surface area contributed by atoms with Crippen LogP contribution >= 0.6 is 11.6 Å². The van der Waals surface area contributed by atoms with Gasteiger partial charge in [-0.25, -0.2) is 18.1 Å². The van der Waals surface area contributed by atoms with E-state index in [0.29, 0.717) is 39.5 Å². The van der Waals surface area contributed by atoms with Crippen LogP contribution in [0.2, 0.25) is 5.02 Å². The summed E-state index contributed by atoms with van der Waals surface area (Å²) in [5.41, 5.74) is 1.03. The molecule has 0 unspecified atom stereocenters. The summed E-state index contributed by atoms with van der Waals surface area (Å²) in [6.45, 7) is 1.76. The van der Waals surface area contributed by atoms with Gasteiger partial charge in [-0.1, -0.05) is 23.7 Å². The topological polar surface area (TPSA) is 99.0 Å². The lowest BCUT2D eigenvalue weighted by Crippen LogP contribution is -2.15. The standard InChI is InChI=1S/C21H18ClN5O3S/c1-15-24-20(27-11-3-10-23-27)13-21(25-15)30-19-8-6-18(7-9-19)26-31(28,29)14-16-4-2-5-17(22)12-16/h2-13,26H,14H2,1H3. The zero-order valence-corrected chi connectivity index (χ0v) is 18.0. The lowest BCUT2D eigenvalue weighted by Gasteiger charge is -2.10. The van der Waals surface area contributed by atoms with Gasteiger partial charge in [0.05, 0.1) is 5.75 Å². The van der Waals surface area contributed by atoms with Gasteiger partial charge >= 0.3 is 0 Å². The summed E-state index contributed by atoms with van der Waals surface area (Å²) < 4.78 is 34.8. The minimum absolute atomic E-state index is 0.178. The molecule has 1 N–H and O–H groups in total. The Morgan fingerprint density at radius 2 is 1.87 bits per heavy atom. The minimum atomic E-state index is -3.59. The number of ether oxygens (including phenoxy) is 1. The van der Waals surface area contributed by atoms with Gasteiger partial charge in [0.1, 0.15) is 11.6 Å². The molecule has 0 amide bonds. The van der Waals surface area contributed by atoms with E-state index in [1.54, 1.807) is 84.7 Å². The molecule has 2 aromatic carbocycles. The van der Waals surface area contributed by atoms with Crippen molar-refractivity contribution in [2.24, 2.45) is 0 Å². The number of halogens is 1. The Kier molecular flexibility index (Phi) is 5.88. The summed E-state index contributed by atoms with van der Waals surface area (Å²) in [4.78, 5) is 8.61. The predicted molar refractivity (Wildman–Crippen MR) is 118 cm³/mol. The van der Waals surface area contributed by atoms with E-state index in [-0.39, 0.29) is 5.75 Å². The molecule has 4 aromatic rings. The minimum Gasteiger partial charge on any atom is -0.439 e. The number of rotatable bonds is 7. The van der Waals surface area contributed by atoms with Crippen LogP contribution in [0.3, 0.4) is 0 Å². The van der Waals surface area contributed by atoms with E-state index >= 15 is 0 Å². The van der Waals surface area contributed by atoms with E-state index in [9.17, 15) is 8.42 Å². The summed E-state index contributed by atoms with van der Waals surface area (Å²) >= 11 is 5.92. The molecule has 4 rings (SSSR count). The van der Waals surface area contributed by atoms with Crippen molar-refractivity contribution < 1.29 is 13.2 Å². The van der Waals surface area contributed by atoms with Crippen molar-refractivity contribution in [3.05, 3.63) is 89.5 Å². The second kappa shape index (κ2) is 8.75. The second-order valence-corrected chi connectivity index (χ2v) is 8.84. The van der Waals surface area contributed by atoms with Gasteiger partial charge in [0.2, 0.25) is 15.9 Å². The molecule has 0 aliphatic carbocycles. The van der Waals surface area contributed by atoms with E-state index < -0.39 is 10.0 Å². The third-order valence-electron chi connectivity index (χ3n) is 4.14. The molecule has 8 nitrogen and oxygen atoms in total. The summed E-state index contributed by atoms with van der Waals surface area (Å²) in [5.74, 6) is 1.79. The highest BCUT2D eigenvalue weighted by atomic mass is 35.5. The number of aromatic nitrogens is 4. The molecule has 0 spiro atoms. The largest absolute Gasteiger partial charge is 0.439 e. The van der Waals surface area contributed by atoms with Crippen molar-refractivity contribution in [3.8, 4) is 17.4 Å². The van der Waals surface area contributed by atoms with Crippen molar-refractivity contribution in [2.75, 3.05) is 4.72 Å². The average Bonchev–Trinajstić information content (AvgIpc) is 3.23. The van der Waals surface area contributed by atoms with Crippen LogP contribution < -0.4 is 9.46 Å². The molecule has 0 radical (unpaired) electrons. The van der Waals surface area contributed by atoms with Gasteiger partial charge in [-0.3, -0.25) is 4.72 Å². The lowest BCUT2D eigenvalue weighted by molar-refractivity contribution is 0.459. The third kappa shape index (κ3) is 5.59. The van der Waals surface area contributed by atoms with Crippen LogP contribution in [0.25, 0.3) is 5.82 Å². The quantitative estimate of drug-likeness (QED) is 0.444. The van der Waals surface area contributed by atoms with Crippen LogP contribution in [0, 0.1) is 6.92 Å². The molecule has 158 valence electrons. The fraction of sp³-hybridized carbons (Fsp3) is 0.0952. The number of nitrogens with zero attached hydrogens (tertiary/aromatic N) is 4. The Hall–Kier alpha value is -3.43. The number of sulfonamides is 1. The van der Waals surface area contributed by atoms with Crippen molar-refractivity contribution in [1.82, 2.24) is 19.7 Å². The molecular formula is C21H18ClN5O3S. The smallest absolute Gasteiger partial charge is 0.236 e. The van der Waals surface area contributed by atoms with E-state index in [4.69, 9.17) is 16.3 Å². The second-order valence-electron chi connectivity index (χ2n) is 6.68. The van der Waals surface area contributed by atoms with E-state index in [1.807, 2.05) is 0 Å². The van der Waals surface area contributed by atoms with E-state index in [2.05, 4.69) is 19.8 Å². The number of aryl methyl sites for hydroxylation is 1. The van der Waals surface area contributed by atoms with Crippen molar-refractivity contribution in [2.45, 2.75) is 12.7 Å². The highest BCUT2D eigenvalue weighted by molar-refractivity contribution is 7.91. The highest BCUT2D eigenvalue weighted by Gasteiger charge is 2.13. The molecule has 2 aromatic heterocycles. The SMILES string of the molecule is Cc1nc(Oc2ccc(NS(=O)(=O)Cc3cccc(Cl)c3)cc2)cc(-n2cccn2)n1. The van der Waals surface area contributed by atoms with Gasteiger partial charge in [-0.15, -0.1) is 0 Å². The number of anilines is 1. The first kappa shape index (κ1) is 20.8. The molecule has 0 aliphatic rings. The highest BCUT2D eigenvalue weighted by Crippen LogP contribution is 2.24. The maximum Gasteiger partial charge on any atom is 0.236 e. The maximum absolute atomic E-state index is 12.4. The van der Waals surface area contributed by atoms with Crippen LogP contribution in [0.4, 0.5) is 5.69 Å². The van der Waals surface area contributed by atoms with E-state index in [1.165, 1.54) is 0 Å². The molecular weight excluding hydrogens is 438 g/mol. The maximum atomic E-state index is 12.4. The van der Waals surface area contributed by atoms with Crippen molar-refractivity contribution in [3.63, 3.8) is 0 Å². The number of hydrogen-bond donors (Lipinski definition) is 1. The molecule has 0 saturated heterocycles. The van der Waals surface area contributed by atoms with Gasteiger partial charge < -0.3 is 4.74 Å². The van der Waals surface area contributed by atoms with Gasteiger partial charge in [-0.05, 0) is 55.0 Å². The Morgan fingerprint density at radius 1 is 1.06 bits per heavy atom. The van der Waals surface area contributed by atoms with Crippen LogP contribution in [0.15, 0.2) is 73.1 Å². The summed E-state index contributed by atoms with van der Waals surface area (Å²) in [7, 11) is -3.59. The predicted octanol–water partition coefficient (Wildman–Crippen LogP) is 4.36. The van der Waals surface area contributed by atoms with Crippen LogP contribution in [0.1, 0.15) is 11.4 Å². The van der Waals surface area contributed by atoms with Crippen molar-refractivity contribution in [1.29, 1.82) is 0 Å². The first-order valence-corrected chi connectivity index (χ1v) is 11.3. The Morgan fingerprint density at radius 3 is 2.58 bits per heavy atom. The average molecular weight is 456 g/mol. The molecule has 0 bridgehead atoms. The van der Waals surface area contributed by atoms with Crippen LogP contribution in [-0.4, -0.2) is 28.2 Å². The summed E-state index contributed by atoms with van der Waals surface area (Å²) in [6, 6.07) is 16.8. The number of nitrogens with one attached hydrogen (secondary N) is 1. The first-order valence-electron chi connectivity index (χ1n) is 9.25. The monoisotopic (exact) mass is 455 g/mol. The van der Waals surface area contributed by atoms with Gasteiger partial charge in [0, 0.05) is 29.2 Å². The third-order valence-corrected chi connectivity index (χ3v) is 5.63. The Labute approximate surface area is 184 Å².